The number of likely N-dealkylation sites (tertiary alicyclic amines) is 1. The first-order valence-electron chi connectivity index (χ1n) is 11.2. The summed E-state index contributed by atoms with van der Waals surface area (Å²) in [4.78, 5) is 12.1. The molecular weight excluding hydrogens is 408 g/mol. The molecule has 1 unspecified atom stereocenters. The molecule has 4 rings (SSSR count). The number of aryl methyl sites for hydroxylation is 1. The van der Waals surface area contributed by atoms with Gasteiger partial charge in [-0.2, -0.15) is 0 Å². The average molecular weight is 441 g/mol. The number of imidazole rings is 1. The highest BCUT2D eigenvalue weighted by atomic mass is 35.5. The molecule has 0 amide bonds. The minimum atomic E-state index is 0.236. The number of hydrogen-bond donors (Lipinski definition) is 2. The topological polar surface area (TPSA) is 72.0 Å². The van der Waals surface area contributed by atoms with Crippen molar-refractivity contribution in [1.82, 2.24) is 19.4 Å². The molecule has 166 valence electrons. The molecule has 3 N–H and O–H groups in total. The lowest BCUT2D eigenvalue weighted by Crippen LogP contribution is -2.46. The molecule has 0 aliphatic carbocycles. The van der Waals surface area contributed by atoms with Gasteiger partial charge in [0, 0.05) is 42.4 Å². The second kappa shape index (κ2) is 9.55. The number of anilines is 1. The molecule has 0 saturated carbocycles. The Kier molecular flexibility index (Phi) is 6.80. The fourth-order valence-electron chi connectivity index (χ4n) is 4.17. The third kappa shape index (κ3) is 5.37. The van der Waals surface area contributed by atoms with Crippen LogP contribution < -0.4 is 11.1 Å². The Hall–Kier alpha value is -2.15. The van der Waals surface area contributed by atoms with Gasteiger partial charge in [-0.05, 0) is 56.0 Å². The van der Waals surface area contributed by atoms with Crippen LogP contribution in [0.1, 0.15) is 38.1 Å². The van der Waals surface area contributed by atoms with Crippen molar-refractivity contribution in [1.29, 1.82) is 0 Å². The molecule has 7 heteroatoms. The van der Waals surface area contributed by atoms with Crippen molar-refractivity contribution >= 4 is 28.6 Å². The Morgan fingerprint density at radius 2 is 1.94 bits per heavy atom. The molecule has 0 radical (unpaired) electrons. The molecule has 3 heterocycles. The van der Waals surface area contributed by atoms with Gasteiger partial charge >= 0.3 is 0 Å². The summed E-state index contributed by atoms with van der Waals surface area (Å²) in [5, 5.41) is 4.43. The van der Waals surface area contributed by atoms with Crippen LogP contribution in [0.2, 0.25) is 5.02 Å². The number of nitrogens with zero attached hydrogens (tertiary/aromatic N) is 4. The Balaban J connectivity index is 1.51. The summed E-state index contributed by atoms with van der Waals surface area (Å²) < 4.78 is 2.20. The van der Waals surface area contributed by atoms with Gasteiger partial charge in [0.05, 0.1) is 23.3 Å². The van der Waals surface area contributed by atoms with E-state index in [1.807, 2.05) is 31.2 Å². The fraction of sp³-hybridized carbons (Fsp3) is 0.500. The van der Waals surface area contributed by atoms with E-state index in [2.05, 4.69) is 45.7 Å². The largest absolute Gasteiger partial charge is 0.353 e. The Morgan fingerprint density at radius 1 is 1.16 bits per heavy atom. The van der Waals surface area contributed by atoms with Crippen molar-refractivity contribution in [3.05, 3.63) is 52.8 Å². The van der Waals surface area contributed by atoms with Gasteiger partial charge in [-0.15, -0.1) is 0 Å². The lowest BCUT2D eigenvalue weighted by molar-refractivity contribution is 0.194. The Bertz CT molecular complexity index is 1020. The van der Waals surface area contributed by atoms with Crippen LogP contribution in [0, 0.1) is 12.8 Å². The number of halogens is 1. The summed E-state index contributed by atoms with van der Waals surface area (Å²) in [6.07, 6.45) is 2.16. The zero-order valence-electron chi connectivity index (χ0n) is 18.7. The van der Waals surface area contributed by atoms with Gasteiger partial charge in [-0.25, -0.2) is 4.98 Å². The molecule has 1 atom stereocenters. The normalized spacial score (nSPS) is 16.8. The van der Waals surface area contributed by atoms with E-state index in [-0.39, 0.29) is 6.04 Å². The number of hydrogen-bond acceptors (Lipinski definition) is 5. The van der Waals surface area contributed by atoms with Gasteiger partial charge in [0.25, 0.3) is 0 Å². The van der Waals surface area contributed by atoms with Crippen LogP contribution in [0.25, 0.3) is 11.0 Å². The first-order valence-corrected chi connectivity index (χ1v) is 11.6. The second-order valence-corrected chi connectivity index (χ2v) is 9.49. The summed E-state index contributed by atoms with van der Waals surface area (Å²) in [6, 6.07) is 12.6. The van der Waals surface area contributed by atoms with Gasteiger partial charge in [0.1, 0.15) is 0 Å². The minimum Gasteiger partial charge on any atom is -0.353 e. The lowest BCUT2D eigenvalue weighted by Gasteiger charge is -2.34. The standard InChI is InChI=1S/C24H33ClN6/c1-16(2)21(26)15-30-11-9-19(10-12-30)28-24-29-22-8-7-18(25)13-23(22)31(24)14-20-6-4-5-17(3)27-20/h4-8,13,16,19,21H,9-12,14-15,26H2,1-3H3,(H,28,29). The van der Waals surface area contributed by atoms with Gasteiger partial charge in [-0.3, -0.25) is 4.98 Å². The molecular formula is C24H33ClN6. The van der Waals surface area contributed by atoms with E-state index in [4.69, 9.17) is 22.3 Å². The third-order valence-corrected chi connectivity index (χ3v) is 6.46. The quantitative estimate of drug-likeness (QED) is 0.573. The highest BCUT2D eigenvalue weighted by molar-refractivity contribution is 6.31. The van der Waals surface area contributed by atoms with Gasteiger partial charge in [-0.1, -0.05) is 31.5 Å². The van der Waals surface area contributed by atoms with E-state index < -0.39 is 0 Å². The highest BCUT2D eigenvalue weighted by Gasteiger charge is 2.23. The lowest BCUT2D eigenvalue weighted by atomic mass is 10.0. The molecule has 0 spiro atoms. The van der Waals surface area contributed by atoms with Crippen molar-refractivity contribution in [2.45, 2.75) is 52.2 Å². The predicted octanol–water partition coefficient (Wildman–Crippen LogP) is 4.30. The number of nitrogens with one attached hydrogen (secondary N) is 1. The van der Waals surface area contributed by atoms with Crippen molar-refractivity contribution in [3.8, 4) is 0 Å². The molecule has 3 aromatic rings. The van der Waals surface area contributed by atoms with Crippen LogP contribution in [-0.4, -0.2) is 51.2 Å². The summed E-state index contributed by atoms with van der Waals surface area (Å²) in [6.45, 7) is 10.2. The Labute approximate surface area is 189 Å². The highest BCUT2D eigenvalue weighted by Crippen LogP contribution is 2.26. The molecule has 1 aliphatic heterocycles. The smallest absolute Gasteiger partial charge is 0.204 e. The summed E-state index contributed by atoms with van der Waals surface area (Å²) in [7, 11) is 0. The van der Waals surface area contributed by atoms with E-state index in [0.29, 0.717) is 23.5 Å². The molecule has 1 saturated heterocycles. The van der Waals surface area contributed by atoms with E-state index in [1.165, 1.54) is 0 Å². The number of pyridine rings is 1. The Morgan fingerprint density at radius 3 is 2.65 bits per heavy atom. The third-order valence-electron chi connectivity index (χ3n) is 6.22. The molecule has 0 bridgehead atoms. The second-order valence-electron chi connectivity index (χ2n) is 9.05. The number of benzene rings is 1. The molecule has 31 heavy (non-hydrogen) atoms. The maximum absolute atomic E-state index is 6.31. The summed E-state index contributed by atoms with van der Waals surface area (Å²) in [5.41, 5.74) is 10.3. The minimum absolute atomic E-state index is 0.236. The maximum atomic E-state index is 6.31. The van der Waals surface area contributed by atoms with E-state index in [0.717, 1.165) is 60.8 Å². The maximum Gasteiger partial charge on any atom is 0.204 e. The number of nitrogens with two attached hydrogens (primary N) is 1. The van der Waals surface area contributed by atoms with Crippen LogP contribution in [0.3, 0.4) is 0 Å². The van der Waals surface area contributed by atoms with E-state index in [1.54, 1.807) is 0 Å². The van der Waals surface area contributed by atoms with Crippen LogP contribution in [0.15, 0.2) is 36.4 Å². The van der Waals surface area contributed by atoms with Crippen molar-refractivity contribution in [3.63, 3.8) is 0 Å². The molecule has 1 fully saturated rings. The molecule has 6 nitrogen and oxygen atoms in total. The summed E-state index contributed by atoms with van der Waals surface area (Å²) in [5.74, 6) is 1.40. The molecule has 2 aromatic heterocycles. The van der Waals surface area contributed by atoms with Gasteiger partial charge in [0.15, 0.2) is 0 Å². The van der Waals surface area contributed by atoms with Crippen LogP contribution >= 0.6 is 11.6 Å². The zero-order chi connectivity index (χ0) is 22.0. The van der Waals surface area contributed by atoms with Crippen LogP contribution in [-0.2, 0) is 6.54 Å². The van der Waals surface area contributed by atoms with Crippen molar-refractivity contribution in [2.75, 3.05) is 25.0 Å². The number of fused-ring (bicyclic) bond motifs is 1. The average Bonchev–Trinajstić information content (AvgIpc) is 3.05. The van der Waals surface area contributed by atoms with Gasteiger partial charge in [0.2, 0.25) is 5.95 Å². The number of rotatable bonds is 7. The predicted molar refractivity (Wildman–Crippen MR) is 129 cm³/mol. The number of aromatic nitrogens is 3. The molecule has 1 aliphatic rings. The summed E-state index contributed by atoms with van der Waals surface area (Å²) >= 11 is 6.31. The fourth-order valence-corrected chi connectivity index (χ4v) is 4.33. The van der Waals surface area contributed by atoms with Crippen LogP contribution in [0.4, 0.5) is 5.95 Å². The SMILES string of the molecule is Cc1cccc(Cn2c(NC3CCN(CC(N)C(C)C)CC3)nc3ccc(Cl)cc32)n1. The van der Waals surface area contributed by atoms with Crippen LogP contribution in [0.5, 0.6) is 0 Å². The van der Waals surface area contributed by atoms with E-state index in [9.17, 15) is 0 Å². The monoisotopic (exact) mass is 440 g/mol. The number of piperidine rings is 1. The van der Waals surface area contributed by atoms with Gasteiger partial charge < -0.3 is 20.5 Å². The molecule has 1 aromatic carbocycles. The van der Waals surface area contributed by atoms with Crippen molar-refractivity contribution < 1.29 is 0 Å². The first-order chi connectivity index (χ1) is 14.9. The zero-order valence-corrected chi connectivity index (χ0v) is 19.4. The first kappa shape index (κ1) is 22.1. The van der Waals surface area contributed by atoms with E-state index >= 15 is 0 Å². The van der Waals surface area contributed by atoms with Crippen molar-refractivity contribution in [2.24, 2.45) is 11.7 Å².